The first-order chi connectivity index (χ1) is 11.8. The van der Waals surface area contributed by atoms with Crippen LogP contribution in [0, 0.1) is 0 Å². The molecule has 9 nitrogen and oxygen atoms in total. The van der Waals surface area contributed by atoms with Crippen LogP contribution >= 0.6 is 7.60 Å². The van der Waals surface area contributed by atoms with E-state index in [0.717, 1.165) is 0 Å². The summed E-state index contributed by atoms with van der Waals surface area (Å²) in [4.78, 5) is 25.5. The normalized spacial score (nSPS) is 27.2. The first-order valence-electron chi connectivity index (χ1n) is 7.75. The molecule has 0 aromatic carbocycles. The molecule has 1 N–H and O–H groups in total. The van der Waals surface area contributed by atoms with Crippen LogP contribution in [-0.2, 0) is 23.1 Å². The maximum absolute atomic E-state index is 12.2. The summed E-state index contributed by atoms with van der Waals surface area (Å²) in [5.41, 5.74) is -1.89. The Kier molecular flexibility index (Phi) is 6.18. The van der Waals surface area contributed by atoms with Gasteiger partial charge < -0.3 is 18.5 Å². The van der Waals surface area contributed by atoms with Crippen LogP contribution in [0.5, 0.6) is 0 Å². The third-order valence-corrected chi connectivity index (χ3v) is 5.85. The van der Waals surface area contributed by atoms with Gasteiger partial charge in [-0.2, -0.15) is 0 Å². The van der Waals surface area contributed by atoms with Crippen LogP contribution in [0.2, 0.25) is 0 Å². The Labute approximate surface area is 145 Å². The number of hydrogen-bond acceptors (Lipinski definition) is 7. The van der Waals surface area contributed by atoms with Crippen LogP contribution in [0.3, 0.4) is 0 Å². The molecule has 1 aromatic rings. The third kappa shape index (κ3) is 4.19. The topological polar surface area (TPSA) is 109 Å². The fourth-order valence-corrected chi connectivity index (χ4v) is 3.59. The van der Waals surface area contributed by atoms with Gasteiger partial charge in [0.15, 0.2) is 6.23 Å². The van der Waals surface area contributed by atoms with Gasteiger partial charge in [-0.25, -0.2) is 4.79 Å². The van der Waals surface area contributed by atoms with Crippen LogP contribution in [-0.4, -0.2) is 42.6 Å². The van der Waals surface area contributed by atoms with Gasteiger partial charge in [-0.15, -0.1) is 0 Å². The summed E-state index contributed by atoms with van der Waals surface area (Å²) in [5.74, 6) is 1.35. The zero-order valence-electron chi connectivity index (χ0n) is 14.6. The molecule has 3 atom stereocenters. The molecular weight excluding hydrogens is 351 g/mol. The predicted molar refractivity (Wildman–Crippen MR) is 90.6 cm³/mol. The third-order valence-electron chi connectivity index (χ3n) is 4.32. The predicted octanol–water partition coefficient (Wildman–Crippen LogP) is 1.62. The Morgan fingerprint density at radius 1 is 1.40 bits per heavy atom. The lowest BCUT2D eigenvalue weighted by atomic mass is 9.96. The average molecular weight is 374 g/mol. The zero-order chi connectivity index (χ0) is 18.7. The molecule has 0 bridgehead atoms. The van der Waals surface area contributed by atoms with Gasteiger partial charge in [0.05, 0.1) is 5.60 Å². The van der Waals surface area contributed by atoms with Gasteiger partial charge in [-0.3, -0.25) is 18.9 Å². The molecule has 2 rings (SSSR count). The Bertz CT molecular complexity index is 779. The van der Waals surface area contributed by atoms with E-state index in [-0.39, 0.29) is 0 Å². The number of nitrogens with one attached hydrogen (secondary N) is 1. The minimum Gasteiger partial charge on any atom is -0.377 e. The van der Waals surface area contributed by atoms with Crippen molar-refractivity contribution in [2.75, 3.05) is 21.3 Å². The van der Waals surface area contributed by atoms with Crippen molar-refractivity contribution in [2.45, 2.75) is 37.7 Å². The molecular formula is C15H23N2O7P. The second-order valence-electron chi connectivity index (χ2n) is 5.64. The molecule has 140 valence electrons. The zero-order valence-corrected chi connectivity index (χ0v) is 15.5. The van der Waals surface area contributed by atoms with Crippen LogP contribution < -0.4 is 11.2 Å². The number of hydrogen-bond donors (Lipinski definition) is 1. The van der Waals surface area contributed by atoms with E-state index in [2.05, 4.69) is 4.98 Å². The number of H-pyrrole nitrogens is 1. The molecule has 25 heavy (non-hydrogen) atoms. The molecule has 0 radical (unpaired) electrons. The number of nitrogens with zero attached hydrogens (tertiary/aromatic N) is 1. The van der Waals surface area contributed by atoms with Crippen molar-refractivity contribution >= 4 is 7.60 Å². The van der Waals surface area contributed by atoms with E-state index in [1.165, 1.54) is 44.0 Å². The summed E-state index contributed by atoms with van der Waals surface area (Å²) in [7, 11) is 0.764. The molecule has 1 aliphatic heterocycles. The number of ether oxygens (including phenoxy) is 2. The van der Waals surface area contributed by atoms with Crippen LogP contribution in [0.1, 0.15) is 26.0 Å². The molecule has 1 saturated heterocycles. The fourth-order valence-electron chi connectivity index (χ4n) is 2.75. The van der Waals surface area contributed by atoms with E-state index < -0.39 is 36.8 Å². The Hall–Kier alpha value is -1.51. The van der Waals surface area contributed by atoms with Gasteiger partial charge in [-0.1, -0.05) is 6.92 Å². The van der Waals surface area contributed by atoms with Crippen LogP contribution in [0.4, 0.5) is 0 Å². The van der Waals surface area contributed by atoms with Gasteiger partial charge in [-0.05, 0) is 12.5 Å². The summed E-state index contributed by atoms with van der Waals surface area (Å²) in [6, 6.07) is 1.24. The molecule has 0 spiro atoms. The van der Waals surface area contributed by atoms with E-state index in [9.17, 15) is 14.2 Å². The van der Waals surface area contributed by atoms with Gasteiger partial charge in [0.1, 0.15) is 6.10 Å². The SMILES string of the molecule is CC[C@@]1(/C=C/P(=O)(OC)OC)C[C@@H](OC)[C@H](n2ccc(=O)[nH]c2=O)O1. The molecule has 10 heteroatoms. The maximum atomic E-state index is 12.2. The van der Waals surface area contributed by atoms with Crippen molar-refractivity contribution in [1.82, 2.24) is 9.55 Å². The van der Waals surface area contributed by atoms with E-state index >= 15 is 0 Å². The minimum atomic E-state index is -3.34. The van der Waals surface area contributed by atoms with Crippen LogP contribution in [0.25, 0.3) is 0 Å². The minimum absolute atomic E-state index is 0.431. The number of aromatic amines is 1. The lowest BCUT2D eigenvalue weighted by Gasteiger charge is -2.25. The number of rotatable bonds is 7. The molecule has 1 fully saturated rings. The van der Waals surface area contributed by atoms with E-state index in [0.29, 0.717) is 12.8 Å². The highest BCUT2D eigenvalue weighted by Gasteiger charge is 2.46. The molecule has 0 aliphatic carbocycles. The second-order valence-corrected chi connectivity index (χ2v) is 7.75. The first kappa shape index (κ1) is 19.8. The smallest absolute Gasteiger partial charge is 0.353 e. The summed E-state index contributed by atoms with van der Waals surface area (Å²) < 4.78 is 34.9. The maximum Gasteiger partial charge on any atom is 0.353 e. The molecule has 0 saturated carbocycles. The Morgan fingerprint density at radius 3 is 2.60 bits per heavy atom. The van der Waals surface area contributed by atoms with Gasteiger partial charge in [0, 0.05) is 45.8 Å². The highest BCUT2D eigenvalue weighted by molar-refractivity contribution is 7.57. The Morgan fingerprint density at radius 2 is 2.08 bits per heavy atom. The highest BCUT2D eigenvalue weighted by atomic mass is 31.2. The van der Waals surface area contributed by atoms with Crippen molar-refractivity contribution in [3.8, 4) is 0 Å². The number of methoxy groups -OCH3 is 1. The number of aromatic nitrogens is 2. The lowest BCUT2D eigenvalue weighted by Crippen LogP contribution is -2.35. The van der Waals surface area contributed by atoms with E-state index in [1.54, 1.807) is 6.08 Å². The molecule has 1 aromatic heterocycles. The quantitative estimate of drug-likeness (QED) is 0.722. The highest BCUT2D eigenvalue weighted by Crippen LogP contribution is 2.50. The molecule has 1 aliphatic rings. The largest absolute Gasteiger partial charge is 0.377 e. The van der Waals surface area contributed by atoms with Crippen molar-refractivity contribution in [1.29, 1.82) is 0 Å². The summed E-state index contributed by atoms with van der Waals surface area (Å²) in [6.45, 7) is 1.90. The van der Waals surface area contributed by atoms with E-state index in [1.807, 2.05) is 6.92 Å². The fraction of sp³-hybridized carbons (Fsp3) is 0.600. The van der Waals surface area contributed by atoms with Crippen molar-refractivity contribution in [3.63, 3.8) is 0 Å². The summed E-state index contributed by atoms with van der Waals surface area (Å²) >= 11 is 0. The first-order valence-corrected chi connectivity index (χ1v) is 9.37. The van der Waals surface area contributed by atoms with Gasteiger partial charge in [0.2, 0.25) is 0 Å². The van der Waals surface area contributed by atoms with Gasteiger partial charge >= 0.3 is 13.3 Å². The summed E-state index contributed by atoms with van der Waals surface area (Å²) in [6.07, 6.45) is 2.80. The lowest BCUT2D eigenvalue weighted by molar-refractivity contribution is -0.0776. The van der Waals surface area contributed by atoms with E-state index in [4.69, 9.17) is 18.5 Å². The van der Waals surface area contributed by atoms with Crippen molar-refractivity contribution in [3.05, 3.63) is 45.0 Å². The second kappa shape index (κ2) is 7.80. The molecule has 0 amide bonds. The van der Waals surface area contributed by atoms with Crippen molar-refractivity contribution < 1.29 is 23.1 Å². The molecule has 2 heterocycles. The monoisotopic (exact) mass is 374 g/mol. The van der Waals surface area contributed by atoms with Crippen molar-refractivity contribution in [2.24, 2.45) is 0 Å². The standard InChI is InChI=1S/C15H23N2O7P/c1-5-15(7-9-25(20,22-3)23-4)10-11(21-2)13(24-15)17-8-6-12(18)16-14(17)19/h6-9,11,13H,5,10H2,1-4H3,(H,16,18,19)/b9-7+/t11-,13-,15-/m1/s1. The summed E-state index contributed by atoms with van der Waals surface area (Å²) in [5, 5.41) is 0. The van der Waals surface area contributed by atoms with Gasteiger partial charge in [0.25, 0.3) is 5.56 Å². The average Bonchev–Trinajstić information content (AvgIpc) is 2.99. The molecule has 0 unspecified atom stereocenters. The Balaban J connectivity index is 2.37. The van der Waals surface area contributed by atoms with Crippen LogP contribution in [0.15, 0.2) is 33.7 Å².